The Bertz CT molecular complexity index is 1300. The average Bonchev–Trinajstić information content (AvgIpc) is 2.77. The quantitative estimate of drug-likeness (QED) is 0.587. The standard InChI is InChI=1S/C21H22ClN5O5S/c1-23-17-12-16(19(28)24-13-14-4-6-15(22)7-5-14)20(29)27-11-10-26(21(30)18(17)27)9-8-25(2)33(3,31)32/h4-7,12H,8-11,13H2,2-3H3,(H,24,28). The van der Waals surface area contributed by atoms with E-state index in [0.717, 1.165) is 26.8 Å². The molecule has 1 aliphatic heterocycles. The van der Waals surface area contributed by atoms with E-state index in [9.17, 15) is 22.8 Å². The Morgan fingerprint density at radius 2 is 1.91 bits per heavy atom. The molecule has 174 valence electrons. The van der Waals surface area contributed by atoms with Crippen molar-refractivity contribution in [2.45, 2.75) is 13.1 Å². The highest BCUT2D eigenvalue weighted by atomic mass is 35.5. The minimum absolute atomic E-state index is 0.0767. The zero-order valence-electron chi connectivity index (χ0n) is 18.0. The van der Waals surface area contributed by atoms with Crippen LogP contribution in [0.5, 0.6) is 0 Å². The van der Waals surface area contributed by atoms with Crippen molar-refractivity contribution in [1.82, 2.24) is 19.1 Å². The Morgan fingerprint density at radius 1 is 1.24 bits per heavy atom. The van der Waals surface area contributed by atoms with Crippen LogP contribution in [0, 0.1) is 6.57 Å². The van der Waals surface area contributed by atoms with E-state index in [2.05, 4.69) is 10.2 Å². The van der Waals surface area contributed by atoms with Crippen LogP contribution >= 0.6 is 11.6 Å². The number of rotatable bonds is 7. The Morgan fingerprint density at radius 3 is 2.52 bits per heavy atom. The van der Waals surface area contributed by atoms with Crippen LogP contribution in [-0.2, 0) is 23.1 Å². The lowest BCUT2D eigenvalue weighted by atomic mass is 10.1. The van der Waals surface area contributed by atoms with Gasteiger partial charge in [0.1, 0.15) is 5.69 Å². The molecule has 0 fully saturated rings. The second-order valence-corrected chi connectivity index (χ2v) is 10.1. The molecule has 0 radical (unpaired) electrons. The molecule has 1 N–H and O–H groups in total. The summed E-state index contributed by atoms with van der Waals surface area (Å²) in [6.45, 7) is 8.04. The first kappa shape index (κ1) is 24.4. The number of halogens is 1. The van der Waals surface area contributed by atoms with Gasteiger partial charge in [-0.15, -0.1) is 0 Å². The van der Waals surface area contributed by atoms with Crippen molar-refractivity contribution in [3.63, 3.8) is 0 Å². The fraction of sp³-hybridized carbons (Fsp3) is 0.333. The number of nitrogens with one attached hydrogen (secondary N) is 1. The van der Waals surface area contributed by atoms with Gasteiger partial charge in [0, 0.05) is 44.8 Å². The molecule has 3 rings (SSSR count). The van der Waals surface area contributed by atoms with Gasteiger partial charge in [0.25, 0.3) is 17.4 Å². The Balaban J connectivity index is 1.82. The summed E-state index contributed by atoms with van der Waals surface area (Å²) in [6, 6.07) is 7.96. The summed E-state index contributed by atoms with van der Waals surface area (Å²) in [5.41, 5.74) is -0.319. The van der Waals surface area contributed by atoms with E-state index in [-0.39, 0.29) is 49.7 Å². The lowest BCUT2D eigenvalue weighted by Gasteiger charge is -2.31. The van der Waals surface area contributed by atoms with E-state index in [1.165, 1.54) is 11.9 Å². The lowest BCUT2D eigenvalue weighted by Crippen LogP contribution is -2.48. The minimum atomic E-state index is -3.40. The van der Waals surface area contributed by atoms with E-state index in [1.807, 2.05) is 0 Å². The number of amides is 2. The molecular formula is C21H22ClN5O5S. The number of hydrogen-bond donors (Lipinski definition) is 1. The Hall–Kier alpha value is -3.20. The second kappa shape index (κ2) is 9.74. The van der Waals surface area contributed by atoms with E-state index in [0.29, 0.717) is 5.02 Å². The third-order valence-corrected chi connectivity index (χ3v) is 6.90. The number of benzene rings is 1. The van der Waals surface area contributed by atoms with Crippen LogP contribution < -0.4 is 10.9 Å². The molecule has 1 aromatic carbocycles. The number of aromatic nitrogens is 1. The molecule has 2 amide bonds. The van der Waals surface area contributed by atoms with Crippen molar-refractivity contribution in [2.24, 2.45) is 0 Å². The van der Waals surface area contributed by atoms with E-state index in [4.69, 9.17) is 18.2 Å². The van der Waals surface area contributed by atoms with Crippen LogP contribution in [0.15, 0.2) is 35.1 Å². The van der Waals surface area contributed by atoms with Gasteiger partial charge >= 0.3 is 0 Å². The number of likely N-dealkylation sites (N-methyl/N-ethyl adjacent to an activating group) is 1. The topological polar surface area (TPSA) is 113 Å². The maximum Gasteiger partial charge on any atom is 0.261 e. The van der Waals surface area contributed by atoms with Crippen molar-refractivity contribution >= 4 is 39.1 Å². The van der Waals surface area contributed by atoms with Crippen LogP contribution in [0.2, 0.25) is 5.02 Å². The van der Waals surface area contributed by atoms with Crippen LogP contribution in [0.4, 0.5) is 5.69 Å². The number of fused-ring (bicyclic) bond motifs is 1. The van der Waals surface area contributed by atoms with Gasteiger partial charge in [-0.05, 0) is 23.8 Å². The Labute approximate surface area is 196 Å². The molecule has 0 spiro atoms. The third kappa shape index (κ3) is 5.42. The van der Waals surface area contributed by atoms with Crippen LogP contribution in [0.25, 0.3) is 4.85 Å². The SMILES string of the molecule is [C-]#[N+]c1cc(C(=O)NCc2ccc(Cl)cc2)c(=O)n2c1C(=O)N(CCN(C)S(C)(=O)=O)CC2. The highest BCUT2D eigenvalue weighted by Crippen LogP contribution is 2.24. The van der Waals surface area contributed by atoms with Gasteiger partial charge in [-0.3, -0.25) is 14.4 Å². The number of carbonyl (C=O) groups is 2. The van der Waals surface area contributed by atoms with E-state index < -0.39 is 27.4 Å². The van der Waals surface area contributed by atoms with Gasteiger partial charge in [0.05, 0.1) is 18.4 Å². The fourth-order valence-electron chi connectivity index (χ4n) is 3.33. The predicted molar refractivity (Wildman–Crippen MR) is 123 cm³/mol. The summed E-state index contributed by atoms with van der Waals surface area (Å²) in [4.78, 5) is 43.3. The van der Waals surface area contributed by atoms with Crippen LogP contribution in [0.1, 0.15) is 26.4 Å². The van der Waals surface area contributed by atoms with Gasteiger partial charge in [-0.2, -0.15) is 0 Å². The zero-order valence-corrected chi connectivity index (χ0v) is 19.6. The van der Waals surface area contributed by atoms with Crippen molar-refractivity contribution in [3.8, 4) is 0 Å². The largest absolute Gasteiger partial charge is 0.348 e. The first-order valence-electron chi connectivity index (χ1n) is 9.91. The number of sulfonamides is 1. The minimum Gasteiger partial charge on any atom is -0.348 e. The molecule has 1 aromatic heterocycles. The molecule has 0 bridgehead atoms. The van der Waals surface area contributed by atoms with Gasteiger partial charge in [-0.25, -0.2) is 17.6 Å². The van der Waals surface area contributed by atoms with Crippen molar-refractivity contribution in [3.05, 3.63) is 73.9 Å². The second-order valence-electron chi connectivity index (χ2n) is 7.55. The molecule has 10 nitrogen and oxygen atoms in total. The van der Waals surface area contributed by atoms with Gasteiger partial charge < -0.3 is 14.8 Å². The number of carbonyl (C=O) groups excluding carboxylic acids is 2. The van der Waals surface area contributed by atoms with Crippen molar-refractivity contribution in [1.29, 1.82) is 0 Å². The van der Waals surface area contributed by atoms with E-state index in [1.54, 1.807) is 24.3 Å². The van der Waals surface area contributed by atoms with Gasteiger partial charge in [0.15, 0.2) is 0 Å². The molecule has 0 aliphatic carbocycles. The fourth-order valence-corrected chi connectivity index (χ4v) is 3.87. The molecule has 0 saturated heterocycles. The summed E-state index contributed by atoms with van der Waals surface area (Å²) >= 11 is 5.85. The zero-order chi connectivity index (χ0) is 24.3. The van der Waals surface area contributed by atoms with E-state index >= 15 is 0 Å². The lowest BCUT2D eigenvalue weighted by molar-refractivity contribution is 0.0695. The average molecular weight is 492 g/mol. The van der Waals surface area contributed by atoms with Crippen LogP contribution in [0.3, 0.4) is 0 Å². The number of hydrogen-bond acceptors (Lipinski definition) is 5. The third-order valence-electron chi connectivity index (χ3n) is 5.33. The molecule has 1 aliphatic rings. The summed E-state index contributed by atoms with van der Waals surface area (Å²) in [5, 5.41) is 3.20. The highest BCUT2D eigenvalue weighted by molar-refractivity contribution is 7.88. The molecule has 33 heavy (non-hydrogen) atoms. The molecule has 2 heterocycles. The summed E-state index contributed by atoms with van der Waals surface area (Å²) in [7, 11) is -2.00. The number of nitrogens with zero attached hydrogens (tertiary/aromatic N) is 4. The first-order valence-corrected chi connectivity index (χ1v) is 12.1. The molecule has 0 unspecified atom stereocenters. The number of pyridine rings is 1. The first-order chi connectivity index (χ1) is 15.5. The molecule has 12 heteroatoms. The smallest absolute Gasteiger partial charge is 0.261 e. The molecule has 0 atom stereocenters. The summed E-state index contributed by atoms with van der Waals surface area (Å²) < 4.78 is 25.4. The van der Waals surface area contributed by atoms with Gasteiger partial charge in [0.2, 0.25) is 15.7 Å². The maximum absolute atomic E-state index is 13.0. The van der Waals surface area contributed by atoms with Crippen LogP contribution in [-0.4, -0.2) is 66.9 Å². The normalized spacial score (nSPS) is 13.5. The molecule has 0 saturated carbocycles. The highest BCUT2D eigenvalue weighted by Gasteiger charge is 2.31. The predicted octanol–water partition coefficient (Wildman–Crippen LogP) is 1.33. The molecule has 2 aromatic rings. The Kier molecular flexibility index (Phi) is 7.22. The maximum atomic E-state index is 13.0. The molecular weight excluding hydrogens is 470 g/mol. The van der Waals surface area contributed by atoms with Crippen molar-refractivity contribution < 1.29 is 18.0 Å². The van der Waals surface area contributed by atoms with Gasteiger partial charge in [-0.1, -0.05) is 23.7 Å². The van der Waals surface area contributed by atoms with Crippen molar-refractivity contribution in [2.75, 3.05) is 32.9 Å². The summed E-state index contributed by atoms with van der Waals surface area (Å²) in [5.74, 6) is -1.21. The monoisotopic (exact) mass is 491 g/mol. The summed E-state index contributed by atoms with van der Waals surface area (Å²) in [6.07, 6.45) is 1.07.